The second-order valence-electron chi connectivity index (χ2n) is 6.43. The number of rotatable bonds is 7. The molecule has 1 aliphatic rings. The SMILES string of the molecule is [2H]C([2H])(C)N(CC#CCOC(=O)C(O)(c1ccccc1)C1CCCCC1)C([2H])([2H])C. The molecule has 26 heavy (non-hydrogen) atoms. The van der Waals surface area contributed by atoms with E-state index in [9.17, 15) is 9.90 Å². The molecule has 2 rings (SSSR count). The third kappa shape index (κ3) is 5.09. The van der Waals surface area contributed by atoms with Crippen molar-refractivity contribution in [2.24, 2.45) is 5.92 Å². The average Bonchev–Trinajstić information content (AvgIpc) is 2.69. The van der Waals surface area contributed by atoms with Crippen LogP contribution in [0.4, 0.5) is 0 Å². The van der Waals surface area contributed by atoms with Crippen molar-refractivity contribution in [3.05, 3.63) is 35.9 Å². The summed E-state index contributed by atoms with van der Waals surface area (Å²) < 4.78 is 36.3. The molecular weight excluding hydrogens is 326 g/mol. The van der Waals surface area contributed by atoms with Gasteiger partial charge in [-0.2, -0.15) is 0 Å². The molecule has 4 heteroatoms. The molecule has 0 aromatic heterocycles. The van der Waals surface area contributed by atoms with Gasteiger partial charge in [-0.3, -0.25) is 4.90 Å². The summed E-state index contributed by atoms with van der Waals surface area (Å²) in [5, 5.41) is 11.4. The van der Waals surface area contributed by atoms with Crippen molar-refractivity contribution in [1.29, 1.82) is 0 Å². The lowest BCUT2D eigenvalue weighted by molar-refractivity contribution is -0.174. The minimum Gasteiger partial charge on any atom is -0.450 e. The summed E-state index contributed by atoms with van der Waals surface area (Å²) in [5.41, 5.74) is -1.21. The van der Waals surface area contributed by atoms with E-state index in [0.717, 1.165) is 37.0 Å². The highest BCUT2D eigenvalue weighted by Gasteiger charge is 2.46. The van der Waals surface area contributed by atoms with Gasteiger partial charge in [-0.25, -0.2) is 4.79 Å². The molecule has 1 unspecified atom stereocenters. The molecule has 1 aliphatic carbocycles. The number of benzene rings is 1. The Hall–Kier alpha value is -1.83. The van der Waals surface area contributed by atoms with Crippen molar-refractivity contribution in [3.63, 3.8) is 0 Å². The molecule has 0 radical (unpaired) electrons. The second-order valence-corrected chi connectivity index (χ2v) is 6.43. The Morgan fingerprint density at radius 2 is 1.88 bits per heavy atom. The molecule has 1 aromatic carbocycles. The summed E-state index contributed by atoms with van der Waals surface area (Å²) in [6.07, 6.45) is 4.51. The molecule has 0 spiro atoms. The molecule has 0 saturated heterocycles. The maximum absolute atomic E-state index is 12.9. The van der Waals surface area contributed by atoms with Crippen LogP contribution in [0.5, 0.6) is 0 Å². The summed E-state index contributed by atoms with van der Waals surface area (Å²) >= 11 is 0. The quantitative estimate of drug-likeness (QED) is 0.598. The van der Waals surface area contributed by atoms with Gasteiger partial charge in [-0.15, -0.1) is 0 Å². The van der Waals surface area contributed by atoms with Crippen molar-refractivity contribution in [2.75, 3.05) is 26.1 Å². The van der Waals surface area contributed by atoms with Crippen molar-refractivity contribution in [3.8, 4) is 11.8 Å². The molecule has 0 bridgehead atoms. The highest BCUT2D eigenvalue weighted by atomic mass is 16.5. The maximum atomic E-state index is 12.9. The predicted molar refractivity (Wildman–Crippen MR) is 103 cm³/mol. The Kier molecular flexibility index (Phi) is 6.07. The molecular formula is C22H31NO3. The van der Waals surface area contributed by atoms with Crippen LogP contribution in [0.25, 0.3) is 0 Å². The van der Waals surface area contributed by atoms with Gasteiger partial charge in [0, 0.05) is 11.4 Å². The van der Waals surface area contributed by atoms with Crippen LogP contribution in [0.3, 0.4) is 0 Å². The number of hydrogen-bond acceptors (Lipinski definition) is 4. The first kappa shape index (κ1) is 15.2. The predicted octanol–water partition coefficient (Wildman–Crippen LogP) is 3.34. The minimum absolute atomic E-state index is 0.157. The number of carbonyl (C=O) groups is 1. The Bertz CT molecular complexity index is 745. The zero-order valence-corrected chi connectivity index (χ0v) is 15.6. The lowest BCUT2D eigenvalue weighted by atomic mass is 9.73. The number of carbonyl (C=O) groups excluding carboxylic acids is 1. The van der Waals surface area contributed by atoms with Gasteiger partial charge in [-0.05, 0) is 31.4 Å². The highest BCUT2D eigenvalue weighted by molar-refractivity contribution is 5.81. The van der Waals surface area contributed by atoms with Crippen molar-refractivity contribution in [2.45, 2.75) is 51.6 Å². The van der Waals surface area contributed by atoms with E-state index in [0.29, 0.717) is 5.56 Å². The van der Waals surface area contributed by atoms with Crippen LogP contribution < -0.4 is 0 Å². The lowest BCUT2D eigenvalue weighted by Gasteiger charge is -2.36. The zero-order chi connectivity index (χ0) is 22.4. The van der Waals surface area contributed by atoms with Crippen molar-refractivity contribution < 1.29 is 20.1 Å². The largest absolute Gasteiger partial charge is 0.450 e. The molecule has 142 valence electrons. The molecule has 0 heterocycles. The van der Waals surface area contributed by atoms with E-state index < -0.39 is 24.6 Å². The van der Waals surface area contributed by atoms with Gasteiger partial charge in [0.15, 0.2) is 12.2 Å². The van der Waals surface area contributed by atoms with E-state index in [4.69, 9.17) is 10.2 Å². The number of nitrogens with zero attached hydrogens (tertiary/aromatic N) is 1. The average molecular weight is 362 g/mol. The molecule has 4 nitrogen and oxygen atoms in total. The lowest BCUT2D eigenvalue weighted by Crippen LogP contribution is -2.45. The van der Waals surface area contributed by atoms with Crippen LogP contribution in [0.1, 0.15) is 57.0 Å². The Morgan fingerprint density at radius 3 is 2.50 bits per heavy atom. The number of hydrogen-bond donors (Lipinski definition) is 1. The van der Waals surface area contributed by atoms with Gasteiger partial charge in [0.2, 0.25) is 0 Å². The summed E-state index contributed by atoms with van der Waals surface area (Å²) in [5.74, 6) is 4.35. The Balaban J connectivity index is 2.08. The maximum Gasteiger partial charge on any atom is 0.344 e. The summed E-state index contributed by atoms with van der Waals surface area (Å²) in [6.45, 7) is -1.67. The fourth-order valence-corrected chi connectivity index (χ4v) is 3.40. The molecule has 0 amide bonds. The molecule has 1 fully saturated rings. The van der Waals surface area contributed by atoms with Crippen molar-refractivity contribution >= 4 is 5.97 Å². The first-order valence-electron chi connectivity index (χ1n) is 11.2. The third-order valence-electron chi connectivity index (χ3n) is 4.90. The first-order valence-corrected chi connectivity index (χ1v) is 9.16. The van der Waals surface area contributed by atoms with Gasteiger partial charge in [0.25, 0.3) is 0 Å². The van der Waals surface area contributed by atoms with Crippen LogP contribution in [0.2, 0.25) is 0 Å². The molecule has 1 saturated carbocycles. The van der Waals surface area contributed by atoms with Gasteiger partial charge in [0.05, 0.1) is 6.54 Å². The molecule has 0 aliphatic heterocycles. The van der Waals surface area contributed by atoms with Gasteiger partial charge in [-0.1, -0.05) is 75.3 Å². The minimum atomic E-state index is -1.89. The normalized spacial score (nSPS) is 20.6. The smallest absolute Gasteiger partial charge is 0.344 e. The van der Waals surface area contributed by atoms with Gasteiger partial charge >= 0.3 is 5.97 Å². The van der Waals surface area contributed by atoms with Crippen LogP contribution in [0, 0.1) is 17.8 Å². The van der Waals surface area contributed by atoms with Crippen LogP contribution in [0.15, 0.2) is 30.3 Å². The molecule has 1 N–H and O–H groups in total. The summed E-state index contributed by atoms with van der Waals surface area (Å²) in [4.78, 5) is 13.9. The van der Waals surface area contributed by atoms with E-state index in [1.54, 1.807) is 24.3 Å². The van der Waals surface area contributed by atoms with E-state index in [1.165, 1.54) is 13.8 Å². The van der Waals surface area contributed by atoms with Crippen LogP contribution in [-0.4, -0.2) is 42.1 Å². The molecule has 1 atom stereocenters. The number of esters is 1. The standard InChI is InChI=1S/C22H31NO3/c1-3-23(4-2)17-11-12-18-26-21(24)22(25,19-13-7-5-8-14-19)20-15-9-6-10-16-20/h5,7-8,13-14,20,25H,3-4,6,9-10,15-18H2,1-2H3/i3D2,4D2. The monoisotopic (exact) mass is 361 g/mol. The van der Waals surface area contributed by atoms with E-state index in [1.807, 2.05) is 6.07 Å². The third-order valence-corrected chi connectivity index (χ3v) is 4.90. The fourth-order valence-electron chi connectivity index (χ4n) is 3.40. The number of aliphatic hydroxyl groups is 1. The van der Waals surface area contributed by atoms with Crippen molar-refractivity contribution in [1.82, 2.24) is 4.90 Å². The van der Waals surface area contributed by atoms with E-state index >= 15 is 0 Å². The Morgan fingerprint density at radius 1 is 1.23 bits per heavy atom. The zero-order valence-electron chi connectivity index (χ0n) is 19.6. The second kappa shape index (κ2) is 10.4. The fraction of sp³-hybridized carbons (Fsp3) is 0.591. The van der Waals surface area contributed by atoms with E-state index in [2.05, 4.69) is 11.8 Å². The summed E-state index contributed by atoms with van der Waals surface area (Å²) in [7, 11) is 0. The van der Waals surface area contributed by atoms with Crippen LogP contribution >= 0.6 is 0 Å². The van der Waals surface area contributed by atoms with Gasteiger partial charge in [0.1, 0.15) is 0 Å². The van der Waals surface area contributed by atoms with E-state index in [-0.39, 0.29) is 19.1 Å². The van der Waals surface area contributed by atoms with Gasteiger partial charge < -0.3 is 9.84 Å². The molecule has 1 aromatic rings. The highest BCUT2D eigenvalue weighted by Crippen LogP contribution is 2.40. The first-order chi connectivity index (χ1) is 14.0. The topological polar surface area (TPSA) is 49.8 Å². The Labute approximate surface area is 163 Å². The van der Waals surface area contributed by atoms with Crippen LogP contribution in [-0.2, 0) is 15.1 Å². The number of ether oxygens (including phenoxy) is 1. The summed E-state index contributed by atoms with van der Waals surface area (Å²) in [6, 6.07) is 8.84.